The van der Waals surface area contributed by atoms with Gasteiger partial charge in [-0.05, 0) is 32.8 Å². The largest absolute Gasteiger partial charge is 0.478 e. The smallest absolute Gasteiger partial charge is 0.338 e. The number of hydrogen-bond acceptors (Lipinski definition) is 4. The van der Waals surface area contributed by atoms with Crippen molar-refractivity contribution in [2.75, 3.05) is 0 Å². The number of amides is 1. The summed E-state index contributed by atoms with van der Waals surface area (Å²) in [5.41, 5.74) is 3.24. The van der Waals surface area contributed by atoms with Crippen molar-refractivity contribution in [1.82, 2.24) is 24.9 Å². The fraction of sp³-hybridized carbons (Fsp3) is 0.467. The summed E-state index contributed by atoms with van der Waals surface area (Å²) < 4.78 is 3.14. The van der Waals surface area contributed by atoms with Crippen LogP contribution in [0, 0.1) is 13.8 Å². The minimum atomic E-state index is -1.06. The lowest BCUT2D eigenvalue weighted by molar-refractivity contribution is -0.122. The quantitative estimate of drug-likeness (QED) is 0.815. The molecular weight excluding hydrogens is 298 g/mol. The molecule has 1 atom stereocenters. The van der Waals surface area contributed by atoms with Gasteiger partial charge in [-0.15, -0.1) is 0 Å². The lowest BCUT2D eigenvalue weighted by atomic mass is 10.1. The molecule has 0 aliphatic rings. The number of aromatic nitrogens is 4. The fourth-order valence-electron chi connectivity index (χ4n) is 2.50. The van der Waals surface area contributed by atoms with E-state index in [-0.39, 0.29) is 24.1 Å². The SMILES string of the molecule is Cc1nn(C)c(C)c1CC(C)NC(=O)Cn1cc(C(=O)O)cn1. The second-order valence-corrected chi connectivity index (χ2v) is 5.68. The van der Waals surface area contributed by atoms with Crippen LogP contribution in [-0.4, -0.2) is 42.6 Å². The number of aromatic carboxylic acids is 1. The van der Waals surface area contributed by atoms with Crippen LogP contribution in [0.25, 0.3) is 0 Å². The van der Waals surface area contributed by atoms with Gasteiger partial charge in [-0.25, -0.2) is 4.79 Å². The molecule has 124 valence electrons. The third-order valence-electron chi connectivity index (χ3n) is 3.76. The Labute approximate surface area is 134 Å². The molecule has 0 spiro atoms. The molecule has 2 rings (SSSR count). The van der Waals surface area contributed by atoms with Gasteiger partial charge in [0.15, 0.2) is 0 Å². The Morgan fingerprint density at radius 1 is 1.39 bits per heavy atom. The van der Waals surface area contributed by atoms with Gasteiger partial charge in [-0.1, -0.05) is 0 Å². The molecule has 2 aromatic heterocycles. The van der Waals surface area contributed by atoms with E-state index >= 15 is 0 Å². The summed E-state index contributed by atoms with van der Waals surface area (Å²) in [6.45, 7) is 5.87. The van der Waals surface area contributed by atoms with Crippen molar-refractivity contribution in [3.05, 3.63) is 34.9 Å². The molecule has 8 nitrogen and oxygen atoms in total. The average molecular weight is 319 g/mol. The van der Waals surface area contributed by atoms with E-state index in [1.165, 1.54) is 17.1 Å². The number of carboxylic acids is 1. The molecule has 0 saturated carbocycles. The Morgan fingerprint density at radius 2 is 2.09 bits per heavy atom. The lowest BCUT2D eigenvalue weighted by Gasteiger charge is -2.14. The molecular formula is C15H21N5O3. The molecule has 0 radical (unpaired) electrons. The summed E-state index contributed by atoms with van der Waals surface area (Å²) >= 11 is 0. The maximum atomic E-state index is 12.0. The van der Waals surface area contributed by atoms with E-state index in [0.29, 0.717) is 6.42 Å². The van der Waals surface area contributed by atoms with Crippen LogP contribution in [-0.2, 0) is 24.8 Å². The van der Waals surface area contributed by atoms with Gasteiger partial charge in [0.05, 0.1) is 17.5 Å². The highest BCUT2D eigenvalue weighted by molar-refractivity contribution is 5.87. The number of rotatable bonds is 6. The summed E-state index contributed by atoms with van der Waals surface area (Å²) in [7, 11) is 1.90. The molecule has 8 heteroatoms. The molecule has 0 aliphatic carbocycles. The van der Waals surface area contributed by atoms with Crippen molar-refractivity contribution >= 4 is 11.9 Å². The van der Waals surface area contributed by atoms with E-state index < -0.39 is 5.97 Å². The fourth-order valence-corrected chi connectivity index (χ4v) is 2.50. The zero-order valence-corrected chi connectivity index (χ0v) is 13.7. The first kappa shape index (κ1) is 16.7. The minimum Gasteiger partial charge on any atom is -0.478 e. The molecule has 2 heterocycles. The van der Waals surface area contributed by atoms with E-state index in [9.17, 15) is 9.59 Å². The molecule has 0 aromatic carbocycles. The van der Waals surface area contributed by atoms with Crippen LogP contribution in [0.1, 0.15) is 34.2 Å². The summed E-state index contributed by atoms with van der Waals surface area (Å²) in [6.07, 6.45) is 3.25. The van der Waals surface area contributed by atoms with Crippen LogP contribution in [0.15, 0.2) is 12.4 Å². The van der Waals surface area contributed by atoms with Crippen molar-refractivity contribution in [2.24, 2.45) is 7.05 Å². The summed E-state index contributed by atoms with van der Waals surface area (Å²) in [5, 5.41) is 20.0. The van der Waals surface area contributed by atoms with E-state index in [4.69, 9.17) is 5.11 Å². The van der Waals surface area contributed by atoms with Gasteiger partial charge in [0.25, 0.3) is 0 Å². The Hall–Kier alpha value is -2.64. The van der Waals surface area contributed by atoms with Crippen molar-refractivity contribution in [3.8, 4) is 0 Å². The monoisotopic (exact) mass is 319 g/mol. The maximum Gasteiger partial charge on any atom is 0.338 e. The highest BCUT2D eigenvalue weighted by Gasteiger charge is 2.15. The second-order valence-electron chi connectivity index (χ2n) is 5.68. The standard InChI is InChI=1S/C15H21N5O3/c1-9(5-13-10(2)18-19(4)11(13)3)17-14(21)8-20-7-12(6-16-20)15(22)23/h6-7,9H,5,8H2,1-4H3,(H,17,21)(H,22,23). The van der Waals surface area contributed by atoms with Crippen LogP contribution in [0.5, 0.6) is 0 Å². The van der Waals surface area contributed by atoms with Crippen molar-refractivity contribution in [3.63, 3.8) is 0 Å². The van der Waals surface area contributed by atoms with E-state index in [2.05, 4.69) is 15.5 Å². The number of nitrogens with zero attached hydrogens (tertiary/aromatic N) is 4. The van der Waals surface area contributed by atoms with Gasteiger partial charge < -0.3 is 10.4 Å². The predicted octanol–water partition coefficient (Wildman–Crippen LogP) is 0.679. The third kappa shape index (κ3) is 3.97. The van der Waals surface area contributed by atoms with Crippen LogP contribution in [0.4, 0.5) is 0 Å². The zero-order valence-electron chi connectivity index (χ0n) is 13.7. The average Bonchev–Trinajstić information content (AvgIpc) is 3.00. The number of nitrogens with one attached hydrogen (secondary N) is 1. The first-order chi connectivity index (χ1) is 10.8. The van der Waals surface area contributed by atoms with Gasteiger partial charge in [0, 0.05) is 25.0 Å². The van der Waals surface area contributed by atoms with E-state index in [1.807, 2.05) is 32.5 Å². The molecule has 0 aliphatic heterocycles. The first-order valence-corrected chi connectivity index (χ1v) is 7.32. The van der Waals surface area contributed by atoms with Crippen LogP contribution < -0.4 is 5.32 Å². The Bertz CT molecular complexity index is 732. The predicted molar refractivity (Wildman–Crippen MR) is 83.2 cm³/mol. The minimum absolute atomic E-state index is 0.0113. The molecule has 0 fully saturated rings. The molecule has 23 heavy (non-hydrogen) atoms. The van der Waals surface area contributed by atoms with Gasteiger partial charge in [0.1, 0.15) is 6.54 Å². The van der Waals surface area contributed by atoms with Gasteiger partial charge in [0.2, 0.25) is 5.91 Å². The van der Waals surface area contributed by atoms with E-state index in [0.717, 1.165) is 17.0 Å². The van der Waals surface area contributed by atoms with Gasteiger partial charge in [-0.2, -0.15) is 10.2 Å². The van der Waals surface area contributed by atoms with Crippen molar-refractivity contribution < 1.29 is 14.7 Å². The molecule has 1 amide bonds. The molecule has 1 unspecified atom stereocenters. The Balaban J connectivity index is 1.92. The summed E-state index contributed by atoms with van der Waals surface area (Å²) in [5.74, 6) is -1.27. The van der Waals surface area contributed by atoms with Crippen molar-refractivity contribution in [1.29, 1.82) is 0 Å². The van der Waals surface area contributed by atoms with Gasteiger partial charge in [-0.3, -0.25) is 14.2 Å². The number of hydrogen-bond donors (Lipinski definition) is 2. The molecule has 2 N–H and O–H groups in total. The Kier molecular flexibility index (Phi) is 4.83. The number of aryl methyl sites for hydroxylation is 2. The topological polar surface area (TPSA) is 102 Å². The molecule has 0 bridgehead atoms. The zero-order chi connectivity index (χ0) is 17.1. The molecule has 2 aromatic rings. The first-order valence-electron chi connectivity index (χ1n) is 7.32. The Morgan fingerprint density at radius 3 is 2.61 bits per heavy atom. The number of carbonyl (C=O) groups is 2. The maximum absolute atomic E-state index is 12.0. The number of carboxylic acid groups (broad SMARTS) is 1. The second kappa shape index (κ2) is 6.64. The molecule has 0 saturated heterocycles. The van der Waals surface area contributed by atoms with E-state index in [1.54, 1.807) is 0 Å². The number of carbonyl (C=O) groups excluding carboxylic acids is 1. The highest BCUT2D eigenvalue weighted by Crippen LogP contribution is 2.14. The summed E-state index contributed by atoms with van der Waals surface area (Å²) in [4.78, 5) is 22.8. The third-order valence-corrected chi connectivity index (χ3v) is 3.76. The van der Waals surface area contributed by atoms with Crippen molar-refractivity contribution in [2.45, 2.75) is 39.8 Å². The normalized spacial score (nSPS) is 12.2. The van der Waals surface area contributed by atoms with Gasteiger partial charge >= 0.3 is 5.97 Å². The van der Waals surface area contributed by atoms with Crippen LogP contribution >= 0.6 is 0 Å². The summed E-state index contributed by atoms with van der Waals surface area (Å²) in [6, 6.07) is -0.0568. The highest BCUT2D eigenvalue weighted by atomic mass is 16.4. The van der Waals surface area contributed by atoms with Crippen LogP contribution in [0.2, 0.25) is 0 Å². The lowest BCUT2D eigenvalue weighted by Crippen LogP contribution is -2.36. The van der Waals surface area contributed by atoms with Crippen LogP contribution in [0.3, 0.4) is 0 Å².